The van der Waals surface area contributed by atoms with Gasteiger partial charge in [-0.25, -0.2) is 4.98 Å². The summed E-state index contributed by atoms with van der Waals surface area (Å²) in [7, 11) is 2.04. The highest BCUT2D eigenvalue weighted by Gasteiger charge is 2.22. The minimum atomic E-state index is 0.520. The number of aromatic nitrogens is 1. The molecular formula is C12H15N3S. The molecule has 1 aliphatic rings. The third-order valence-electron chi connectivity index (χ3n) is 2.92. The molecule has 84 valence electrons. The fraction of sp³-hybridized carbons (Fsp3) is 0.500. The van der Waals surface area contributed by atoms with Gasteiger partial charge in [-0.2, -0.15) is 17.0 Å². The maximum Gasteiger partial charge on any atom is 0.146 e. The SMILES string of the molecule is Cc1ccc(C#N)c(N(C)C2CCSC2)n1. The van der Waals surface area contributed by atoms with E-state index in [4.69, 9.17) is 5.26 Å². The lowest BCUT2D eigenvalue weighted by Crippen LogP contribution is -2.32. The van der Waals surface area contributed by atoms with E-state index in [1.54, 1.807) is 0 Å². The first-order chi connectivity index (χ1) is 7.72. The summed E-state index contributed by atoms with van der Waals surface area (Å²) >= 11 is 1.97. The van der Waals surface area contributed by atoms with Crippen LogP contribution < -0.4 is 4.90 Å². The number of hydrogen-bond acceptors (Lipinski definition) is 4. The Labute approximate surface area is 100 Å². The van der Waals surface area contributed by atoms with Crippen LogP contribution in [0.15, 0.2) is 12.1 Å². The van der Waals surface area contributed by atoms with Gasteiger partial charge in [-0.15, -0.1) is 0 Å². The third kappa shape index (κ3) is 2.14. The van der Waals surface area contributed by atoms with Gasteiger partial charge in [-0.1, -0.05) is 0 Å². The molecule has 1 saturated heterocycles. The highest BCUT2D eigenvalue weighted by molar-refractivity contribution is 7.99. The molecule has 1 aromatic heterocycles. The molecule has 0 saturated carbocycles. The van der Waals surface area contributed by atoms with Crippen molar-refractivity contribution in [3.8, 4) is 6.07 Å². The molecule has 3 nitrogen and oxygen atoms in total. The Hall–Kier alpha value is -1.21. The molecule has 1 unspecified atom stereocenters. The van der Waals surface area contributed by atoms with E-state index < -0.39 is 0 Å². The monoisotopic (exact) mass is 233 g/mol. The number of hydrogen-bond donors (Lipinski definition) is 0. The van der Waals surface area contributed by atoms with E-state index in [9.17, 15) is 0 Å². The van der Waals surface area contributed by atoms with Crippen LogP contribution in [0.3, 0.4) is 0 Å². The number of nitriles is 1. The summed E-state index contributed by atoms with van der Waals surface area (Å²) in [6, 6.07) is 6.48. The number of nitrogens with zero attached hydrogens (tertiary/aromatic N) is 3. The van der Waals surface area contributed by atoms with Crippen LogP contribution in [-0.4, -0.2) is 29.6 Å². The number of rotatable bonds is 2. The van der Waals surface area contributed by atoms with Crippen molar-refractivity contribution in [3.63, 3.8) is 0 Å². The first-order valence-electron chi connectivity index (χ1n) is 5.40. The van der Waals surface area contributed by atoms with Gasteiger partial charge in [0.25, 0.3) is 0 Å². The van der Waals surface area contributed by atoms with E-state index in [0.29, 0.717) is 11.6 Å². The van der Waals surface area contributed by atoms with Crippen molar-refractivity contribution in [2.75, 3.05) is 23.5 Å². The van der Waals surface area contributed by atoms with Crippen LogP contribution in [0.4, 0.5) is 5.82 Å². The summed E-state index contributed by atoms with van der Waals surface area (Å²) in [4.78, 5) is 6.64. The zero-order chi connectivity index (χ0) is 11.5. The number of pyridine rings is 1. The number of anilines is 1. The van der Waals surface area contributed by atoms with Gasteiger partial charge in [-0.05, 0) is 31.2 Å². The van der Waals surface area contributed by atoms with E-state index >= 15 is 0 Å². The average molecular weight is 233 g/mol. The molecular weight excluding hydrogens is 218 g/mol. The zero-order valence-electron chi connectivity index (χ0n) is 9.60. The minimum absolute atomic E-state index is 0.520. The fourth-order valence-corrected chi connectivity index (χ4v) is 3.17. The summed E-state index contributed by atoms with van der Waals surface area (Å²) in [5.41, 5.74) is 1.64. The van der Waals surface area contributed by atoms with Crippen molar-refractivity contribution < 1.29 is 0 Å². The molecule has 0 aromatic carbocycles. The van der Waals surface area contributed by atoms with Crippen LogP contribution in [0.1, 0.15) is 17.7 Å². The Morgan fingerprint density at radius 1 is 1.56 bits per heavy atom. The van der Waals surface area contributed by atoms with Crippen molar-refractivity contribution >= 4 is 17.6 Å². The highest BCUT2D eigenvalue weighted by atomic mass is 32.2. The maximum atomic E-state index is 9.08. The van der Waals surface area contributed by atoms with Gasteiger partial charge < -0.3 is 4.90 Å². The van der Waals surface area contributed by atoms with Crippen molar-refractivity contribution in [3.05, 3.63) is 23.4 Å². The first kappa shape index (κ1) is 11.3. The van der Waals surface area contributed by atoms with Crippen LogP contribution in [-0.2, 0) is 0 Å². The van der Waals surface area contributed by atoms with E-state index in [1.165, 1.54) is 12.2 Å². The van der Waals surface area contributed by atoms with Gasteiger partial charge in [0.2, 0.25) is 0 Å². The number of aryl methyl sites for hydroxylation is 1. The van der Waals surface area contributed by atoms with Crippen LogP contribution in [0.5, 0.6) is 0 Å². The van der Waals surface area contributed by atoms with Gasteiger partial charge in [0.05, 0.1) is 5.56 Å². The summed E-state index contributed by atoms with van der Waals surface area (Å²) in [6.45, 7) is 1.96. The summed E-state index contributed by atoms with van der Waals surface area (Å²) in [5, 5.41) is 9.08. The number of thioether (sulfide) groups is 1. The molecule has 0 radical (unpaired) electrons. The Bertz CT molecular complexity index is 419. The largest absolute Gasteiger partial charge is 0.355 e. The lowest BCUT2D eigenvalue weighted by molar-refractivity contribution is 0.690. The lowest BCUT2D eigenvalue weighted by atomic mass is 10.2. The lowest BCUT2D eigenvalue weighted by Gasteiger charge is -2.25. The average Bonchev–Trinajstić information content (AvgIpc) is 2.81. The molecule has 1 aliphatic heterocycles. The van der Waals surface area contributed by atoms with Crippen molar-refractivity contribution in [1.82, 2.24) is 4.98 Å². The van der Waals surface area contributed by atoms with E-state index in [0.717, 1.165) is 17.3 Å². The quantitative estimate of drug-likeness (QED) is 0.785. The predicted molar refractivity (Wildman–Crippen MR) is 67.8 cm³/mol. The molecule has 16 heavy (non-hydrogen) atoms. The molecule has 0 amide bonds. The topological polar surface area (TPSA) is 39.9 Å². The van der Waals surface area contributed by atoms with Gasteiger partial charge in [0.1, 0.15) is 11.9 Å². The standard InChI is InChI=1S/C12H15N3S/c1-9-3-4-10(7-13)12(14-9)15(2)11-5-6-16-8-11/h3-4,11H,5-6,8H2,1-2H3. The molecule has 0 bridgehead atoms. The molecule has 1 fully saturated rings. The molecule has 4 heteroatoms. The first-order valence-corrected chi connectivity index (χ1v) is 6.56. The second-order valence-corrected chi connectivity index (χ2v) is 5.21. The highest BCUT2D eigenvalue weighted by Crippen LogP contribution is 2.26. The smallest absolute Gasteiger partial charge is 0.146 e. The molecule has 0 aliphatic carbocycles. The molecule has 0 spiro atoms. The maximum absolute atomic E-state index is 9.08. The molecule has 2 rings (SSSR count). The van der Waals surface area contributed by atoms with Crippen molar-refractivity contribution in [2.45, 2.75) is 19.4 Å². The summed E-state index contributed by atoms with van der Waals surface area (Å²) < 4.78 is 0. The van der Waals surface area contributed by atoms with Gasteiger partial charge in [0.15, 0.2) is 0 Å². The fourth-order valence-electron chi connectivity index (χ4n) is 1.90. The molecule has 2 heterocycles. The minimum Gasteiger partial charge on any atom is -0.355 e. The normalized spacial score (nSPS) is 19.4. The molecule has 0 N–H and O–H groups in total. The predicted octanol–water partition coefficient (Wildman–Crippen LogP) is 2.20. The van der Waals surface area contributed by atoms with Gasteiger partial charge >= 0.3 is 0 Å². The second-order valence-electron chi connectivity index (χ2n) is 4.06. The van der Waals surface area contributed by atoms with E-state index in [1.807, 2.05) is 37.9 Å². The van der Waals surface area contributed by atoms with Crippen LogP contribution in [0, 0.1) is 18.3 Å². The molecule has 1 atom stereocenters. The third-order valence-corrected chi connectivity index (χ3v) is 4.07. The molecule has 1 aromatic rings. The second kappa shape index (κ2) is 4.75. The van der Waals surface area contributed by atoms with E-state index in [2.05, 4.69) is 16.0 Å². The van der Waals surface area contributed by atoms with Crippen LogP contribution in [0.25, 0.3) is 0 Å². The Morgan fingerprint density at radius 3 is 3.00 bits per heavy atom. The Balaban J connectivity index is 2.31. The van der Waals surface area contributed by atoms with Crippen molar-refractivity contribution in [2.24, 2.45) is 0 Å². The van der Waals surface area contributed by atoms with Gasteiger partial charge in [0, 0.05) is 24.5 Å². The summed E-state index contributed by atoms with van der Waals surface area (Å²) in [5.74, 6) is 3.18. The van der Waals surface area contributed by atoms with Crippen LogP contribution >= 0.6 is 11.8 Å². The summed E-state index contributed by atoms with van der Waals surface area (Å²) in [6.07, 6.45) is 1.18. The van der Waals surface area contributed by atoms with Gasteiger partial charge in [-0.3, -0.25) is 0 Å². The Morgan fingerprint density at radius 2 is 2.38 bits per heavy atom. The van der Waals surface area contributed by atoms with E-state index in [-0.39, 0.29) is 0 Å². The van der Waals surface area contributed by atoms with Crippen molar-refractivity contribution in [1.29, 1.82) is 5.26 Å². The van der Waals surface area contributed by atoms with Crippen LogP contribution in [0.2, 0.25) is 0 Å². The zero-order valence-corrected chi connectivity index (χ0v) is 10.4. The Kier molecular flexibility index (Phi) is 3.35.